The van der Waals surface area contributed by atoms with Gasteiger partial charge in [0, 0.05) is 12.5 Å². The molecule has 0 aliphatic carbocycles. The molecule has 21 heavy (non-hydrogen) atoms. The summed E-state index contributed by atoms with van der Waals surface area (Å²) in [6, 6.07) is 0.153. The van der Waals surface area contributed by atoms with Gasteiger partial charge < -0.3 is 15.6 Å². The minimum absolute atomic E-state index is 0.0833. The zero-order valence-electron chi connectivity index (χ0n) is 14.6. The van der Waals surface area contributed by atoms with Gasteiger partial charge in [0.05, 0.1) is 6.61 Å². The fourth-order valence-electron chi connectivity index (χ4n) is 1.39. The Hall–Kier alpha value is -1.19. The Morgan fingerprint density at radius 2 is 1.90 bits per heavy atom. The molecule has 0 rings (SSSR count). The van der Waals surface area contributed by atoms with Gasteiger partial charge in [-0.25, -0.2) is 0 Å². The number of aldehydes is 1. The van der Waals surface area contributed by atoms with Crippen LogP contribution < -0.4 is 5.73 Å². The van der Waals surface area contributed by atoms with Crippen LogP contribution >= 0.6 is 0 Å². The molecule has 0 aliphatic rings. The lowest BCUT2D eigenvalue weighted by Crippen LogP contribution is -2.20. The number of aliphatic hydroxyl groups is 1. The summed E-state index contributed by atoms with van der Waals surface area (Å²) in [5, 5.41) is 7.76. The predicted octanol–water partition coefficient (Wildman–Crippen LogP) is 4.18. The lowest BCUT2D eigenvalue weighted by atomic mass is 10.0. The van der Waals surface area contributed by atoms with E-state index < -0.39 is 0 Å². The van der Waals surface area contributed by atoms with Gasteiger partial charge in [-0.1, -0.05) is 50.1 Å². The fraction of sp³-hybridized carbons (Fsp3) is 0.611. The first-order valence-electron chi connectivity index (χ1n) is 7.78. The molecule has 3 heteroatoms. The molecule has 0 radical (unpaired) electrons. The Balaban J connectivity index is -0.000000461. The van der Waals surface area contributed by atoms with Gasteiger partial charge in [0.2, 0.25) is 0 Å². The number of carbonyl (C=O) groups is 1. The molecule has 0 amide bonds. The van der Waals surface area contributed by atoms with Crippen LogP contribution in [0.25, 0.3) is 0 Å². The third-order valence-electron chi connectivity index (χ3n) is 2.88. The zero-order chi connectivity index (χ0) is 17.1. The van der Waals surface area contributed by atoms with Crippen LogP contribution in [0.3, 0.4) is 0 Å². The normalized spacial score (nSPS) is 12.3. The monoisotopic (exact) mass is 297 g/mol. The number of rotatable bonds is 8. The van der Waals surface area contributed by atoms with E-state index in [-0.39, 0.29) is 12.6 Å². The summed E-state index contributed by atoms with van der Waals surface area (Å²) < 4.78 is 0. The van der Waals surface area contributed by atoms with Crippen molar-refractivity contribution in [3.8, 4) is 0 Å². The maximum atomic E-state index is 10.4. The first-order chi connectivity index (χ1) is 10.1. The molecule has 0 spiro atoms. The maximum absolute atomic E-state index is 10.4. The molecule has 3 N–H and O–H groups in total. The fourth-order valence-corrected chi connectivity index (χ4v) is 1.39. The Morgan fingerprint density at radius 3 is 2.24 bits per heavy atom. The Morgan fingerprint density at radius 1 is 1.38 bits per heavy atom. The molecular formula is C18H35NO2. The van der Waals surface area contributed by atoms with Gasteiger partial charge in [-0.3, -0.25) is 0 Å². The maximum Gasteiger partial charge on any atom is 0.124 e. The van der Waals surface area contributed by atoms with E-state index >= 15 is 0 Å². The van der Waals surface area contributed by atoms with Crippen LogP contribution in [0.1, 0.15) is 60.3 Å². The standard InChI is InChI=1S/C13H23NO.C3H6O.C2H6/c1-4-11(3)13(14)8-6-7-12(5-2)9-10-15;1-2-3-4;1-2/h4,7,10,13H,5-6,8-9,14H2,1-3H3;2,4H,1,3H2;1-2H3/b11-4+,12-7+;;. The van der Waals surface area contributed by atoms with Crippen molar-refractivity contribution in [3.63, 3.8) is 0 Å². The van der Waals surface area contributed by atoms with Crippen molar-refractivity contribution in [2.75, 3.05) is 6.61 Å². The molecule has 0 bridgehead atoms. The number of carbonyl (C=O) groups excluding carboxylic acids is 1. The highest BCUT2D eigenvalue weighted by atomic mass is 16.2. The van der Waals surface area contributed by atoms with Crippen LogP contribution in [0, 0.1) is 0 Å². The van der Waals surface area contributed by atoms with Crippen LogP contribution in [-0.4, -0.2) is 24.0 Å². The predicted molar refractivity (Wildman–Crippen MR) is 94.3 cm³/mol. The molecule has 0 aromatic rings. The summed E-state index contributed by atoms with van der Waals surface area (Å²) in [5.41, 5.74) is 8.41. The summed E-state index contributed by atoms with van der Waals surface area (Å²) in [6.45, 7) is 13.5. The summed E-state index contributed by atoms with van der Waals surface area (Å²) in [6.07, 6.45) is 10.0. The largest absolute Gasteiger partial charge is 0.392 e. The van der Waals surface area contributed by atoms with E-state index in [0.717, 1.165) is 25.5 Å². The summed E-state index contributed by atoms with van der Waals surface area (Å²) in [4.78, 5) is 10.4. The van der Waals surface area contributed by atoms with Gasteiger partial charge in [0.15, 0.2) is 0 Å². The quantitative estimate of drug-likeness (QED) is 0.522. The number of hydrogen-bond donors (Lipinski definition) is 2. The van der Waals surface area contributed by atoms with E-state index in [1.165, 1.54) is 17.2 Å². The second kappa shape index (κ2) is 21.1. The molecular weight excluding hydrogens is 262 g/mol. The number of nitrogens with two attached hydrogens (primary N) is 1. The molecule has 0 aliphatic heterocycles. The summed E-state index contributed by atoms with van der Waals surface area (Å²) in [5.74, 6) is 0. The van der Waals surface area contributed by atoms with Crippen LogP contribution in [0.4, 0.5) is 0 Å². The molecule has 0 saturated heterocycles. The van der Waals surface area contributed by atoms with Gasteiger partial charge >= 0.3 is 0 Å². The van der Waals surface area contributed by atoms with Gasteiger partial charge in [-0.15, -0.1) is 6.58 Å². The number of hydrogen-bond acceptors (Lipinski definition) is 3. The van der Waals surface area contributed by atoms with Crippen molar-refractivity contribution < 1.29 is 9.90 Å². The van der Waals surface area contributed by atoms with E-state index in [4.69, 9.17) is 10.8 Å². The number of allylic oxidation sites excluding steroid dienone is 3. The van der Waals surface area contributed by atoms with E-state index in [2.05, 4.69) is 32.6 Å². The smallest absolute Gasteiger partial charge is 0.124 e. The molecule has 124 valence electrons. The lowest BCUT2D eigenvalue weighted by molar-refractivity contribution is -0.107. The minimum atomic E-state index is 0.0833. The Labute approximate surface area is 131 Å². The van der Waals surface area contributed by atoms with Crippen molar-refractivity contribution >= 4 is 6.29 Å². The van der Waals surface area contributed by atoms with Crippen LogP contribution in [0.5, 0.6) is 0 Å². The molecule has 3 nitrogen and oxygen atoms in total. The first-order valence-corrected chi connectivity index (χ1v) is 7.78. The Kier molecular flexibility index (Phi) is 24.9. The molecule has 0 fully saturated rings. The van der Waals surface area contributed by atoms with Gasteiger partial charge in [-0.2, -0.15) is 0 Å². The molecule has 0 aromatic heterocycles. The van der Waals surface area contributed by atoms with Crippen LogP contribution in [0.2, 0.25) is 0 Å². The third-order valence-corrected chi connectivity index (χ3v) is 2.88. The molecule has 1 atom stereocenters. The van der Waals surface area contributed by atoms with E-state index in [9.17, 15) is 4.79 Å². The van der Waals surface area contributed by atoms with E-state index in [1.54, 1.807) is 0 Å². The van der Waals surface area contributed by atoms with Crippen molar-refractivity contribution in [3.05, 3.63) is 36.0 Å². The summed E-state index contributed by atoms with van der Waals surface area (Å²) in [7, 11) is 0. The van der Waals surface area contributed by atoms with Gasteiger partial charge in [0.1, 0.15) is 6.29 Å². The average Bonchev–Trinajstić information content (AvgIpc) is 2.55. The highest BCUT2D eigenvalue weighted by Crippen LogP contribution is 2.10. The SMILES string of the molecule is C/C=C(\C)C(N)CC/C=C(\CC)CC=O.C=CCO.CC. The molecule has 0 saturated carbocycles. The topological polar surface area (TPSA) is 63.3 Å². The zero-order valence-corrected chi connectivity index (χ0v) is 14.6. The minimum Gasteiger partial charge on any atom is -0.392 e. The Bertz CT molecular complexity index is 294. The molecule has 1 unspecified atom stereocenters. The lowest BCUT2D eigenvalue weighted by Gasteiger charge is -2.10. The average molecular weight is 297 g/mol. The van der Waals surface area contributed by atoms with Crippen molar-refractivity contribution in [2.45, 2.75) is 66.3 Å². The first kappa shape index (κ1) is 24.8. The summed E-state index contributed by atoms with van der Waals surface area (Å²) >= 11 is 0. The second-order valence-electron chi connectivity index (χ2n) is 4.27. The van der Waals surface area contributed by atoms with Crippen LogP contribution in [0.15, 0.2) is 36.0 Å². The molecule has 0 aromatic carbocycles. The van der Waals surface area contributed by atoms with Crippen molar-refractivity contribution in [2.24, 2.45) is 5.73 Å². The van der Waals surface area contributed by atoms with E-state index in [1.807, 2.05) is 20.8 Å². The highest BCUT2D eigenvalue weighted by molar-refractivity contribution is 5.54. The third kappa shape index (κ3) is 18.8. The van der Waals surface area contributed by atoms with Gasteiger partial charge in [-0.05, 0) is 33.1 Å². The molecule has 0 heterocycles. The second-order valence-corrected chi connectivity index (χ2v) is 4.27. The van der Waals surface area contributed by atoms with Crippen molar-refractivity contribution in [1.82, 2.24) is 0 Å². The highest BCUT2D eigenvalue weighted by Gasteiger charge is 2.02. The number of aliphatic hydroxyl groups excluding tert-OH is 1. The van der Waals surface area contributed by atoms with Crippen LogP contribution in [-0.2, 0) is 4.79 Å². The van der Waals surface area contributed by atoms with Crippen molar-refractivity contribution in [1.29, 1.82) is 0 Å². The van der Waals surface area contributed by atoms with E-state index in [0.29, 0.717) is 6.42 Å². The van der Waals surface area contributed by atoms with Gasteiger partial charge in [0.25, 0.3) is 0 Å².